The average molecular weight is 201 g/mol. The van der Waals surface area contributed by atoms with Crippen LogP contribution in [0.3, 0.4) is 0 Å². The molecule has 0 aliphatic rings. The number of nitrogens with one attached hydrogen (secondary N) is 1. The van der Waals surface area contributed by atoms with E-state index in [0.29, 0.717) is 0 Å². The third-order valence-electron chi connectivity index (χ3n) is 2.12. The molecule has 0 saturated carbocycles. The first-order chi connectivity index (χ1) is 6.69. The molecule has 1 aromatic rings. The third-order valence-corrected chi connectivity index (χ3v) is 2.12. The van der Waals surface area contributed by atoms with Gasteiger partial charge in [0.2, 0.25) is 0 Å². The SMILES string of the molecule is CNC(CO)c1ccc(C(F)F)cc1. The van der Waals surface area contributed by atoms with Gasteiger partial charge in [-0.1, -0.05) is 24.3 Å². The summed E-state index contributed by atoms with van der Waals surface area (Å²) in [7, 11) is 1.71. The Morgan fingerprint density at radius 1 is 1.21 bits per heavy atom. The first-order valence-electron chi connectivity index (χ1n) is 4.35. The molecule has 1 atom stereocenters. The summed E-state index contributed by atoms with van der Waals surface area (Å²) < 4.78 is 24.4. The first-order valence-corrected chi connectivity index (χ1v) is 4.35. The molecular weight excluding hydrogens is 188 g/mol. The monoisotopic (exact) mass is 201 g/mol. The molecular formula is C10H13F2NO. The quantitative estimate of drug-likeness (QED) is 0.779. The van der Waals surface area contributed by atoms with Gasteiger partial charge in [0.15, 0.2) is 0 Å². The molecule has 1 aromatic carbocycles. The van der Waals surface area contributed by atoms with Crippen LogP contribution in [0, 0.1) is 0 Å². The summed E-state index contributed by atoms with van der Waals surface area (Å²) in [6, 6.07) is 5.75. The van der Waals surface area contributed by atoms with E-state index < -0.39 is 6.43 Å². The number of alkyl halides is 2. The molecule has 0 aliphatic heterocycles. The summed E-state index contributed by atoms with van der Waals surface area (Å²) in [5.41, 5.74) is 0.806. The summed E-state index contributed by atoms with van der Waals surface area (Å²) in [6.45, 7) is -0.0511. The van der Waals surface area contributed by atoms with Gasteiger partial charge in [-0.25, -0.2) is 8.78 Å². The Bertz CT molecular complexity index is 270. The van der Waals surface area contributed by atoms with Gasteiger partial charge in [-0.3, -0.25) is 0 Å². The van der Waals surface area contributed by atoms with Crippen molar-refractivity contribution in [2.75, 3.05) is 13.7 Å². The molecule has 0 aromatic heterocycles. The second-order valence-corrected chi connectivity index (χ2v) is 2.99. The van der Waals surface area contributed by atoms with E-state index in [4.69, 9.17) is 5.11 Å². The number of rotatable bonds is 4. The molecule has 4 heteroatoms. The maximum atomic E-state index is 12.2. The van der Waals surface area contributed by atoms with Gasteiger partial charge >= 0.3 is 0 Å². The second kappa shape index (κ2) is 5.02. The van der Waals surface area contributed by atoms with Crippen molar-refractivity contribution in [3.8, 4) is 0 Å². The van der Waals surface area contributed by atoms with Crippen molar-refractivity contribution < 1.29 is 13.9 Å². The van der Waals surface area contributed by atoms with Crippen molar-refractivity contribution >= 4 is 0 Å². The van der Waals surface area contributed by atoms with Gasteiger partial charge < -0.3 is 10.4 Å². The highest BCUT2D eigenvalue weighted by Crippen LogP contribution is 2.20. The summed E-state index contributed by atoms with van der Waals surface area (Å²) in [5.74, 6) is 0. The third kappa shape index (κ3) is 2.49. The summed E-state index contributed by atoms with van der Waals surface area (Å²) in [4.78, 5) is 0. The fourth-order valence-corrected chi connectivity index (χ4v) is 1.24. The molecule has 2 N–H and O–H groups in total. The van der Waals surface area contributed by atoms with Crippen molar-refractivity contribution in [1.82, 2.24) is 5.32 Å². The van der Waals surface area contributed by atoms with Crippen LogP contribution in [-0.2, 0) is 0 Å². The predicted octanol–water partition coefficient (Wildman–Crippen LogP) is 1.88. The Hall–Kier alpha value is -1.00. The summed E-state index contributed by atoms with van der Waals surface area (Å²) in [5, 5.41) is 11.8. The van der Waals surface area contributed by atoms with E-state index >= 15 is 0 Å². The average Bonchev–Trinajstić information content (AvgIpc) is 2.20. The van der Waals surface area contributed by atoms with E-state index in [1.807, 2.05) is 0 Å². The molecule has 1 rings (SSSR count). The lowest BCUT2D eigenvalue weighted by molar-refractivity contribution is 0.151. The fourth-order valence-electron chi connectivity index (χ4n) is 1.24. The summed E-state index contributed by atoms with van der Waals surface area (Å²) >= 11 is 0. The molecule has 0 heterocycles. The van der Waals surface area contributed by atoms with Gasteiger partial charge in [-0.05, 0) is 12.6 Å². The zero-order chi connectivity index (χ0) is 10.6. The number of aliphatic hydroxyl groups is 1. The zero-order valence-corrected chi connectivity index (χ0v) is 7.87. The lowest BCUT2D eigenvalue weighted by Crippen LogP contribution is -2.19. The van der Waals surface area contributed by atoms with E-state index in [2.05, 4.69) is 5.32 Å². The van der Waals surface area contributed by atoms with Crippen molar-refractivity contribution in [2.24, 2.45) is 0 Å². The zero-order valence-electron chi connectivity index (χ0n) is 7.87. The molecule has 1 unspecified atom stereocenters. The van der Waals surface area contributed by atoms with Crippen LogP contribution in [0.4, 0.5) is 8.78 Å². The van der Waals surface area contributed by atoms with Crippen LogP contribution in [0.1, 0.15) is 23.6 Å². The summed E-state index contributed by atoms with van der Waals surface area (Å²) in [6.07, 6.45) is -2.44. The smallest absolute Gasteiger partial charge is 0.263 e. The standard InChI is InChI=1S/C10H13F2NO/c1-13-9(6-14)7-2-4-8(5-3-7)10(11)12/h2-5,9-10,13-14H,6H2,1H3. The van der Waals surface area contributed by atoms with Gasteiger partial charge in [0.1, 0.15) is 0 Å². The number of aliphatic hydroxyl groups excluding tert-OH is 1. The lowest BCUT2D eigenvalue weighted by atomic mass is 10.1. The lowest BCUT2D eigenvalue weighted by Gasteiger charge is -2.13. The molecule has 78 valence electrons. The highest BCUT2D eigenvalue weighted by atomic mass is 19.3. The van der Waals surface area contributed by atoms with Gasteiger partial charge in [0, 0.05) is 5.56 Å². The highest BCUT2D eigenvalue weighted by molar-refractivity contribution is 5.25. The van der Waals surface area contributed by atoms with E-state index in [1.54, 1.807) is 19.2 Å². The molecule has 14 heavy (non-hydrogen) atoms. The molecule has 0 fully saturated rings. The minimum atomic E-state index is -2.44. The maximum Gasteiger partial charge on any atom is 0.263 e. The normalized spacial score (nSPS) is 13.2. The van der Waals surface area contributed by atoms with Gasteiger partial charge in [0.25, 0.3) is 6.43 Å². The number of halogens is 2. The van der Waals surface area contributed by atoms with Crippen molar-refractivity contribution in [3.63, 3.8) is 0 Å². The minimum absolute atomic E-state index is 0.00143. The largest absolute Gasteiger partial charge is 0.394 e. The number of hydrogen-bond donors (Lipinski definition) is 2. The Kier molecular flexibility index (Phi) is 3.98. The van der Waals surface area contributed by atoms with Crippen molar-refractivity contribution in [2.45, 2.75) is 12.5 Å². The van der Waals surface area contributed by atoms with Gasteiger partial charge in [-0.2, -0.15) is 0 Å². The van der Waals surface area contributed by atoms with Crippen LogP contribution in [0.5, 0.6) is 0 Å². The van der Waals surface area contributed by atoms with E-state index in [0.717, 1.165) is 5.56 Å². The highest BCUT2D eigenvalue weighted by Gasteiger charge is 2.10. The Morgan fingerprint density at radius 3 is 2.07 bits per heavy atom. The molecule has 0 bridgehead atoms. The molecule has 0 saturated heterocycles. The second-order valence-electron chi connectivity index (χ2n) is 2.99. The van der Waals surface area contributed by atoms with Crippen LogP contribution in [0.25, 0.3) is 0 Å². The number of hydrogen-bond acceptors (Lipinski definition) is 2. The van der Waals surface area contributed by atoms with Gasteiger partial charge in [0.05, 0.1) is 12.6 Å². The van der Waals surface area contributed by atoms with Crippen molar-refractivity contribution in [1.29, 1.82) is 0 Å². The van der Waals surface area contributed by atoms with E-state index in [-0.39, 0.29) is 18.2 Å². The Balaban J connectivity index is 2.81. The topological polar surface area (TPSA) is 32.3 Å². The maximum absolute atomic E-state index is 12.2. The van der Waals surface area contributed by atoms with Crippen molar-refractivity contribution in [3.05, 3.63) is 35.4 Å². The number of benzene rings is 1. The number of likely N-dealkylation sites (N-methyl/N-ethyl adjacent to an activating group) is 1. The molecule has 0 radical (unpaired) electrons. The van der Waals surface area contributed by atoms with Crippen LogP contribution in [0.2, 0.25) is 0 Å². The Labute approximate surface area is 81.6 Å². The Morgan fingerprint density at radius 2 is 1.71 bits per heavy atom. The van der Waals surface area contributed by atoms with E-state index in [9.17, 15) is 8.78 Å². The molecule has 0 amide bonds. The first kappa shape index (κ1) is 11.1. The molecule has 2 nitrogen and oxygen atoms in total. The molecule has 0 aliphatic carbocycles. The predicted molar refractivity (Wildman–Crippen MR) is 50.3 cm³/mol. The van der Waals surface area contributed by atoms with Gasteiger partial charge in [-0.15, -0.1) is 0 Å². The van der Waals surface area contributed by atoms with Crippen LogP contribution < -0.4 is 5.32 Å². The van der Waals surface area contributed by atoms with Crippen LogP contribution in [-0.4, -0.2) is 18.8 Å². The molecule has 0 spiro atoms. The fraction of sp³-hybridized carbons (Fsp3) is 0.400. The van der Waals surface area contributed by atoms with Crippen LogP contribution >= 0.6 is 0 Å². The minimum Gasteiger partial charge on any atom is -0.394 e. The van der Waals surface area contributed by atoms with Crippen LogP contribution in [0.15, 0.2) is 24.3 Å². The van der Waals surface area contributed by atoms with E-state index in [1.165, 1.54) is 12.1 Å².